The van der Waals surface area contributed by atoms with E-state index in [9.17, 15) is 14.9 Å². The average Bonchev–Trinajstić information content (AvgIpc) is 2.84. The van der Waals surface area contributed by atoms with Gasteiger partial charge in [0.15, 0.2) is 0 Å². The maximum absolute atomic E-state index is 11.6. The number of non-ortho nitro benzene ring substituents is 1. The molecule has 21 heavy (non-hydrogen) atoms. The van der Waals surface area contributed by atoms with Gasteiger partial charge in [-0.1, -0.05) is 12.1 Å². The van der Waals surface area contributed by atoms with E-state index in [0.717, 1.165) is 5.69 Å². The lowest BCUT2D eigenvalue weighted by Gasteiger charge is -2.00. The number of carbonyl (C=O) groups is 1. The first-order valence-corrected chi connectivity index (χ1v) is 6.11. The van der Waals surface area contributed by atoms with Gasteiger partial charge in [-0.15, -0.1) is 0 Å². The van der Waals surface area contributed by atoms with E-state index in [-0.39, 0.29) is 18.1 Å². The standard InChI is InChI=1S/C13H13N5O3/c1-10-5-6-17(16-10)9-13(19)15-14-8-11-3-2-4-12(7-11)18(20)21/h2-8H,9H2,1H3,(H,15,19). The normalized spacial score (nSPS) is 10.7. The molecule has 1 aromatic carbocycles. The van der Waals surface area contributed by atoms with E-state index in [1.807, 2.05) is 6.92 Å². The van der Waals surface area contributed by atoms with Gasteiger partial charge in [0.2, 0.25) is 0 Å². The number of benzene rings is 1. The summed E-state index contributed by atoms with van der Waals surface area (Å²) in [6, 6.07) is 7.75. The molecule has 1 amide bonds. The molecule has 0 saturated carbocycles. The summed E-state index contributed by atoms with van der Waals surface area (Å²) < 4.78 is 1.49. The molecule has 1 heterocycles. The molecule has 0 aliphatic carbocycles. The lowest BCUT2D eigenvalue weighted by Crippen LogP contribution is -2.23. The van der Waals surface area contributed by atoms with Crippen molar-refractivity contribution in [1.82, 2.24) is 15.2 Å². The Morgan fingerprint density at radius 2 is 2.33 bits per heavy atom. The number of hydrogen-bond donors (Lipinski definition) is 1. The molecular weight excluding hydrogens is 274 g/mol. The van der Waals surface area contributed by atoms with Crippen molar-refractivity contribution in [2.24, 2.45) is 5.10 Å². The quantitative estimate of drug-likeness (QED) is 0.508. The summed E-state index contributed by atoms with van der Waals surface area (Å²) >= 11 is 0. The van der Waals surface area contributed by atoms with Gasteiger partial charge >= 0.3 is 0 Å². The summed E-state index contributed by atoms with van der Waals surface area (Å²) in [7, 11) is 0. The Hall–Kier alpha value is -3.03. The Morgan fingerprint density at radius 3 is 3.00 bits per heavy atom. The first-order valence-electron chi connectivity index (χ1n) is 6.11. The molecule has 1 N–H and O–H groups in total. The Bertz CT molecular complexity index is 693. The van der Waals surface area contributed by atoms with Crippen LogP contribution in [0.4, 0.5) is 5.69 Å². The molecule has 8 heteroatoms. The lowest BCUT2D eigenvalue weighted by molar-refractivity contribution is -0.384. The number of hydrogen-bond acceptors (Lipinski definition) is 5. The zero-order chi connectivity index (χ0) is 15.2. The van der Waals surface area contributed by atoms with Crippen molar-refractivity contribution in [2.45, 2.75) is 13.5 Å². The minimum Gasteiger partial charge on any atom is -0.271 e. The largest absolute Gasteiger partial charge is 0.271 e. The molecule has 0 radical (unpaired) electrons. The van der Waals surface area contributed by atoms with Crippen molar-refractivity contribution in [2.75, 3.05) is 0 Å². The molecular formula is C13H13N5O3. The van der Waals surface area contributed by atoms with E-state index in [1.165, 1.54) is 23.0 Å². The summed E-state index contributed by atoms with van der Waals surface area (Å²) in [6.45, 7) is 1.88. The maximum Gasteiger partial charge on any atom is 0.270 e. The van der Waals surface area contributed by atoms with Crippen molar-refractivity contribution in [3.8, 4) is 0 Å². The number of rotatable bonds is 5. The Balaban J connectivity index is 1.91. The number of aromatic nitrogens is 2. The fourth-order valence-corrected chi connectivity index (χ4v) is 1.63. The van der Waals surface area contributed by atoms with Gasteiger partial charge in [0, 0.05) is 23.9 Å². The van der Waals surface area contributed by atoms with E-state index in [2.05, 4.69) is 15.6 Å². The Morgan fingerprint density at radius 1 is 1.52 bits per heavy atom. The summed E-state index contributed by atoms with van der Waals surface area (Å²) in [4.78, 5) is 21.7. The highest BCUT2D eigenvalue weighted by Crippen LogP contribution is 2.11. The van der Waals surface area contributed by atoms with Gasteiger partial charge in [0.25, 0.3) is 11.6 Å². The topological polar surface area (TPSA) is 102 Å². The van der Waals surface area contributed by atoms with Gasteiger partial charge in [-0.3, -0.25) is 19.6 Å². The lowest BCUT2D eigenvalue weighted by atomic mass is 10.2. The smallest absolute Gasteiger partial charge is 0.270 e. The zero-order valence-electron chi connectivity index (χ0n) is 11.3. The van der Waals surface area contributed by atoms with Crippen LogP contribution in [0.3, 0.4) is 0 Å². The molecule has 2 rings (SSSR count). The van der Waals surface area contributed by atoms with Crippen LogP contribution in [0.15, 0.2) is 41.6 Å². The number of nitro benzene ring substituents is 1. The van der Waals surface area contributed by atoms with Crippen molar-refractivity contribution in [3.05, 3.63) is 57.9 Å². The zero-order valence-corrected chi connectivity index (χ0v) is 11.3. The molecule has 108 valence electrons. The number of nitrogens with zero attached hydrogens (tertiary/aromatic N) is 4. The Kier molecular flexibility index (Phi) is 4.39. The molecule has 2 aromatic rings. The van der Waals surface area contributed by atoms with Crippen LogP contribution in [-0.4, -0.2) is 26.8 Å². The highest BCUT2D eigenvalue weighted by molar-refractivity contribution is 5.83. The molecule has 0 unspecified atom stereocenters. The van der Waals surface area contributed by atoms with E-state index in [0.29, 0.717) is 5.56 Å². The predicted molar refractivity (Wildman–Crippen MR) is 75.8 cm³/mol. The number of nitro groups is 1. The highest BCUT2D eigenvalue weighted by atomic mass is 16.6. The summed E-state index contributed by atoms with van der Waals surface area (Å²) in [5.74, 6) is -0.334. The van der Waals surface area contributed by atoms with Crippen molar-refractivity contribution >= 4 is 17.8 Å². The molecule has 0 atom stereocenters. The second-order valence-electron chi connectivity index (χ2n) is 4.30. The molecule has 0 bridgehead atoms. The summed E-state index contributed by atoms with van der Waals surface area (Å²) in [5.41, 5.74) is 3.66. The second-order valence-corrected chi connectivity index (χ2v) is 4.30. The van der Waals surface area contributed by atoms with Crippen LogP contribution < -0.4 is 5.43 Å². The van der Waals surface area contributed by atoms with E-state index in [1.54, 1.807) is 24.4 Å². The number of carbonyl (C=O) groups excluding carboxylic acids is 1. The third kappa shape index (κ3) is 4.23. The predicted octanol–water partition coefficient (Wildman–Crippen LogP) is 1.25. The van der Waals surface area contributed by atoms with Crippen LogP contribution in [0.1, 0.15) is 11.3 Å². The molecule has 0 aliphatic rings. The molecule has 0 spiro atoms. The highest BCUT2D eigenvalue weighted by Gasteiger charge is 2.04. The fraction of sp³-hybridized carbons (Fsp3) is 0.154. The first kappa shape index (κ1) is 14.4. The maximum atomic E-state index is 11.6. The van der Waals surface area contributed by atoms with Crippen LogP contribution >= 0.6 is 0 Å². The summed E-state index contributed by atoms with van der Waals surface area (Å²) in [6.07, 6.45) is 3.04. The van der Waals surface area contributed by atoms with Crippen molar-refractivity contribution in [1.29, 1.82) is 0 Å². The minimum atomic E-state index is -0.490. The number of amides is 1. The fourth-order valence-electron chi connectivity index (χ4n) is 1.63. The van der Waals surface area contributed by atoms with Crippen molar-refractivity contribution in [3.63, 3.8) is 0 Å². The van der Waals surface area contributed by atoms with E-state index < -0.39 is 4.92 Å². The van der Waals surface area contributed by atoms with E-state index >= 15 is 0 Å². The van der Waals surface area contributed by atoms with Crippen molar-refractivity contribution < 1.29 is 9.72 Å². The van der Waals surface area contributed by atoms with Crippen LogP contribution in [0, 0.1) is 17.0 Å². The van der Waals surface area contributed by atoms with Crippen LogP contribution in [0.25, 0.3) is 0 Å². The van der Waals surface area contributed by atoms with Crippen LogP contribution in [0.5, 0.6) is 0 Å². The van der Waals surface area contributed by atoms with Gasteiger partial charge in [0.05, 0.1) is 16.8 Å². The van der Waals surface area contributed by atoms with Gasteiger partial charge in [0.1, 0.15) is 6.54 Å². The third-order valence-corrected chi connectivity index (χ3v) is 2.56. The molecule has 0 fully saturated rings. The average molecular weight is 287 g/mol. The molecule has 1 aromatic heterocycles. The third-order valence-electron chi connectivity index (χ3n) is 2.56. The molecule has 0 aliphatic heterocycles. The molecule has 0 saturated heterocycles. The second kappa shape index (κ2) is 6.42. The SMILES string of the molecule is Cc1ccn(CC(=O)NN=Cc2cccc([N+](=O)[O-])c2)n1. The number of aryl methyl sites for hydroxylation is 1. The first-order chi connectivity index (χ1) is 10.0. The van der Waals surface area contributed by atoms with Crippen LogP contribution in [-0.2, 0) is 11.3 Å². The van der Waals surface area contributed by atoms with Gasteiger partial charge < -0.3 is 0 Å². The number of nitrogens with one attached hydrogen (secondary N) is 1. The van der Waals surface area contributed by atoms with E-state index in [4.69, 9.17) is 0 Å². The minimum absolute atomic E-state index is 0.0303. The van der Waals surface area contributed by atoms with Crippen LogP contribution in [0.2, 0.25) is 0 Å². The Labute approximate surface area is 120 Å². The summed E-state index contributed by atoms with van der Waals surface area (Å²) in [5, 5.41) is 18.5. The van der Waals surface area contributed by atoms with Gasteiger partial charge in [-0.25, -0.2) is 5.43 Å². The molecule has 8 nitrogen and oxygen atoms in total. The van der Waals surface area contributed by atoms with Gasteiger partial charge in [-0.05, 0) is 13.0 Å². The van der Waals surface area contributed by atoms with Gasteiger partial charge in [-0.2, -0.15) is 10.2 Å². The number of hydrazone groups is 1. The monoisotopic (exact) mass is 287 g/mol.